The molecule has 0 saturated heterocycles. The van der Waals surface area contributed by atoms with Crippen molar-refractivity contribution in [3.05, 3.63) is 88.7 Å². The van der Waals surface area contributed by atoms with Gasteiger partial charge in [0.05, 0.1) is 5.56 Å². The zero-order chi connectivity index (χ0) is 22.0. The number of carbonyl (C=O) groups is 3. The summed E-state index contributed by atoms with van der Waals surface area (Å²) in [4.78, 5) is 37.1. The Morgan fingerprint density at radius 3 is 2.29 bits per heavy atom. The highest BCUT2D eigenvalue weighted by Crippen LogP contribution is 2.38. The topological polar surface area (TPSA) is 77.4 Å². The van der Waals surface area contributed by atoms with Crippen molar-refractivity contribution in [1.82, 2.24) is 4.57 Å². The maximum atomic E-state index is 12.5. The summed E-state index contributed by atoms with van der Waals surface area (Å²) in [6, 6.07) is 17.7. The number of esters is 1. The highest BCUT2D eigenvalue weighted by molar-refractivity contribution is 6.05. The zero-order valence-electron chi connectivity index (χ0n) is 17.6. The van der Waals surface area contributed by atoms with Crippen molar-refractivity contribution < 1.29 is 19.1 Å². The van der Waals surface area contributed by atoms with Crippen LogP contribution in [0.2, 0.25) is 0 Å². The molecule has 4 rings (SSSR count). The van der Waals surface area contributed by atoms with Gasteiger partial charge in [0.15, 0.2) is 12.4 Å². The Balaban J connectivity index is 1.34. The second-order valence-electron chi connectivity index (χ2n) is 7.78. The van der Waals surface area contributed by atoms with Crippen LogP contribution < -0.4 is 5.32 Å². The van der Waals surface area contributed by atoms with E-state index in [4.69, 9.17) is 4.74 Å². The Morgan fingerprint density at radius 1 is 0.968 bits per heavy atom. The number of amides is 1. The van der Waals surface area contributed by atoms with E-state index in [1.54, 1.807) is 48.5 Å². The fraction of sp³-hybridized carbons (Fsp3) is 0.240. The lowest BCUT2D eigenvalue weighted by Crippen LogP contribution is -2.15. The number of hydrogen-bond acceptors (Lipinski definition) is 4. The van der Waals surface area contributed by atoms with E-state index in [9.17, 15) is 14.4 Å². The molecule has 1 saturated carbocycles. The molecule has 1 fully saturated rings. The number of hydrogen-bond donors (Lipinski definition) is 1. The van der Waals surface area contributed by atoms with Crippen LogP contribution in [0.15, 0.2) is 60.7 Å². The van der Waals surface area contributed by atoms with Gasteiger partial charge < -0.3 is 14.6 Å². The Labute approximate surface area is 180 Å². The number of aromatic nitrogens is 1. The molecule has 2 aromatic carbocycles. The van der Waals surface area contributed by atoms with Crippen molar-refractivity contribution in [1.29, 1.82) is 0 Å². The molecular weight excluding hydrogens is 392 g/mol. The maximum absolute atomic E-state index is 12.5. The lowest BCUT2D eigenvalue weighted by Gasteiger charge is -2.08. The molecule has 1 heterocycles. The number of ether oxygens (including phenoxy) is 1. The predicted molar refractivity (Wildman–Crippen MR) is 118 cm³/mol. The van der Waals surface area contributed by atoms with E-state index in [1.165, 1.54) is 0 Å². The summed E-state index contributed by atoms with van der Waals surface area (Å²) in [7, 11) is 0. The van der Waals surface area contributed by atoms with E-state index in [-0.39, 0.29) is 18.3 Å². The second-order valence-corrected chi connectivity index (χ2v) is 7.78. The van der Waals surface area contributed by atoms with Gasteiger partial charge >= 0.3 is 5.97 Å². The molecule has 158 valence electrons. The molecule has 0 atom stereocenters. The highest BCUT2D eigenvalue weighted by atomic mass is 16.5. The van der Waals surface area contributed by atoms with Crippen molar-refractivity contribution >= 4 is 23.3 Å². The molecule has 6 heteroatoms. The minimum Gasteiger partial charge on any atom is -0.454 e. The van der Waals surface area contributed by atoms with Crippen LogP contribution >= 0.6 is 0 Å². The Kier molecular flexibility index (Phi) is 5.71. The standard InChI is InChI=1S/C25H24N2O4/c1-16-14-22(17(2)27(16)21-12-13-21)25(30)31-15-23(28)18-8-10-20(11-9-18)26-24(29)19-6-4-3-5-7-19/h3-11,14,21H,12-13,15H2,1-2H3,(H,26,29). The van der Waals surface area contributed by atoms with Crippen LogP contribution in [0.4, 0.5) is 5.69 Å². The van der Waals surface area contributed by atoms with Crippen LogP contribution in [0.1, 0.15) is 61.3 Å². The highest BCUT2D eigenvalue weighted by Gasteiger charge is 2.28. The Hall–Kier alpha value is -3.67. The van der Waals surface area contributed by atoms with E-state index in [1.807, 2.05) is 26.0 Å². The summed E-state index contributed by atoms with van der Waals surface area (Å²) < 4.78 is 7.44. The van der Waals surface area contributed by atoms with Crippen LogP contribution in [0.3, 0.4) is 0 Å². The molecule has 3 aromatic rings. The fourth-order valence-corrected chi connectivity index (χ4v) is 3.70. The van der Waals surface area contributed by atoms with Gasteiger partial charge in [-0.2, -0.15) is 0 Å². The van der Waals surface area contributed by atoms with E-state index < -0.39 is 5.97 Å². The van der Waals surface area contributed by atoms with E-state index >= 15 is 0 Å². The molecule has 6 nitrogen and oxygen atoms in total. The lowest BCUT2D eigenvalue weighted by molar-refractivity contribution is 0.0474. The molecule has 1 aliphatic rings. The van der Waals surface area contributed by atoms with E-state index in [0.717, 1.165) is 24.2 Å². The van der Waals surface area contributed by atoms with Gasteiger partial charge in [-0.1, -0.05) is 18.2 Å². The molecule has 0 radical (unpaired) electrons. The predicted octanol–water partition coefficient (Wildman–Crippen LogP) is 4.73. The van der Waals surface area contributed by atoms with Crippen LogP contribution in [-0.2, 0) is 4.74 Å². The third-order valence-corrected chi connectivity index (χ3v) is 5.45. The zero-order valence-corrected chi connectivity index (χ0v) is 17.6. The summed E-state index contributed by atoms with van der Waals surface area (Å²) in [5, 5.41) is 2.79. The monoisotopic (exact) mass is 416 g/mol. The average molecular weight is 416 g/mol. The summed E-state index contributed by atoms with van der Waals surface area (Å²) in [5.41, 5.74) is 3.97. The van der Waals surface area contributed by atoms with E-state index in [2.05, 4.69) is 9.88 Å². The quantitative estimate of drug-likeness (QED) is 0.446. The van der Waals surface area contributed by atoms with Gasteiger partial charge in [0.1, 0.15) is 0 Å². The van der Waals surface area contributed by atoms with Gasteiger partial charge in [0.2, 0.25) is 0 Å². The largest absolute Gasteiger partial charge is 0.454 e. The van der Waals surface area contributed by atoms with Gasteiger partial charge in [0.25, 0.3) is 5.91 Å². The van der Waals surface area contributed by atoms with E-state index in [0.29, 0.717) is 28.4 Å². The van der Waals surface area contributed by atoms with Crippen molar-refractivity contribution in [2.75, 3.05) is 11.9 Å². The molecule has 1 N–H and O–H groups in total. The van der Waals surface area contributed by atoms with Gasteiger partial charge in [-0.25, -0.2) is 4.79 Å². The number of benzene rings is 2. The third kappa shape index (κ3) is 4.58. The first-order valence-electron chi connectivity index (χ1n) is 10.3. The van der Waals surface area contributed by atoms with Crippen LogP contribution in [0.5, 0.6) is 0 Å². The normalized spacial score (nSPS) is 13.0. The molecule has 0 unspecified atom stereocenters. The van der Waals surface area contributed by atoms with Crippen molar-refractivity contribution in [3.63, 3.8) is 0 Å². The van der Waals surface area contributed by atoms with Crippen molar-refractivity contribution in [2.45, 2.75) is 32.7 Å². The lowest BCUT2D eigenvalue weighted by atomic mass is 10.1. The van der Waals surface area contributed by atoms with Crippen molar-refractivity contribution in [2.24, 2.45) is 0 Å². The van der Waals surface area contributed by atoms with Gasteiger partial charge in [-0.15, -0.1) is 0 Å². The SMILES string of the molecule is Cc1cc(C(=O)OCC(=O)c2ccc(NC(=O)c3ccccc3)cc2)c(C)n1C1CC1. The van der Waals surface area contributed by atoms with Crippen LogP contribution in [-0.4, -0.2) is 28.8 Å². The third-order valence-electron chi connectivity index (χ3n) is 5.45. The number of anilines is 1. The average Bonchev–Trinajstić information content (AvgIpc) is 3.57. The van der Waals surface area contributed by atoms with Gasteiger partial charge in [-0.3, -0.25) is 9.59 Å². The summed E-state index contributed by atoms with van der Waals surface area (Å²) >= 11 is 0. The van der Waals surface area contributed by atoms with Crippen molar-refractivity contribution in [3.8, 4) is 0 Å². The van der Waals surface area contributed by atoms with Gasteiger partial charge in [-0.05, 0) is 69.2 Å². The summed E-state index contributed by atoms with van der Waals surface area (Å²) in [6.45, 7) is 3.55. The molecule has 1 aliphatic carbocycles. The van der Waals surface area contributed by atoms with Crippen LogP contribution in [0.25, 0.3) is 0 Å². The van der Waals surface area contributed by atoms with Gasteiger partial charge in [0, 0.05) is 34.2 Å². The number of carbonyl (C=O) groups excluding carboxylic acids is 3. The van der Waals surface area contributed by atoms with Crippen LogP contribution in [0, 0.1) is 13.8 Å². The minimum atomic E-state index is -0.486. The molecule has 1 amide bonds. The first-order valence-corrected chi connectivity index (χ1v) is 10.3. The second kappa shape index (κ2) is 8.60. The maximum Gasteiger partial charge on any atom is 0.340 e. The number of rotatable bonds is 7. The Bertz CT molecular complexity index is 1130. The number of aryl methyl sites for hydroxylation is 1. The number of nitrogens with zero attached hydrogens (tertiary/aromatic N) is 1. The first kappa shape index (κ1) is 20.6. The molecule has 31 heavy (non-hydrogen) atoms. The number of nitrogens with one attached hydrogen (secondary N) is 1. The molecule has 0 spiro atoms. The molecule has 0 bridgehead atoms. The molecule has 1 aromatic heterocycles. The fourth-order valence-electron chi connectivity index (χ4n) is 3.70. The summed E-state index contributed by atoms with van der Waals surface area (Å²) in [5.74, 6) is -1.01. The number of Topliss-reactive ketones (excluding diaryl/α,β-unsaturated/α-hetero) is 1. The first-order chi connectivity index (χ1) is 14.9. The Morgan fingerprint density at radius 2 is 1.65 bits per heavy atom. The molecule has 0 aliphatic heterocycles. The number of ketones is 1. The summed E-state index contributed by atoms with van der Waals surface area (Å²) in [6.07, 6.45) is 2.26. The molecular formula is C25H24N2O4. The minimum absolute atomic E-state index is 0.225. The smallest absolute Gasteiger partial charge is 0.340 e.